The van der Waals surface area contributed by atoms with Crippen LogP contribution >= 0.6 is 27.3 Å². The Morgan fingerprint density at radius 1 is 1.41 bits per heavy atom. The molecular formula is C11H9BrN4S. The van der Waals surface area contributed by atoms with Crippen LogP contribution in [0.4, 0.5) is 5.95 Å². The molecule has 6 heteroatoms. The minimum atomic E-state index is 0.499. The summed E-state index contributed by atoms with van der Waals surface area (Å²) in [6.45, 7) is 0.692. The van der Waals surface area contributed by atoms with Gasteiger partial charge in [-0.1, -0.05) is 0 Å². The number of imidazole rings is 1. The van der Waals surface area contributed by atoms with Crippen molar-refractivity contribution in [1.82, 2.24) is 14.5 Å². The van der Waals surface area contributed by atoms with Crippen molar-refractivity contribution < 1.29 is 0 Å². The van der Waals surface area contributed by atoms with Gasteiger partial charge in [0.25, 0.3) is 0 Å². The van der Waals surface area contributed by atoms with E-state index in [1.807, 2.05) is 28.1 Å². The summed E-state index contributed by atoms with van der Waals surface area (Å²) < 4.78 is 3.02. The number of pyridine rings is 1. The number of halogens is 1. The third-order valence-corrected chi connectivity index (χ3v) is 4.44. The molecule has 2 N–H and O–H groups in total. The van der Waals surface area contributed by atoms with Crippen molar-refractivity contribution in [3.8, 4) is 0 Å². The lowest BCUT2D eigenvalue weighted by atomic mass is 10.4. The maximum absolute atomic E-state index is 5.92. The predicted octanol–water partition coefficient (Wildman–Crippen LogP) is 2.89. The Morgan fingerprint density at radius 2 is 2.29 bits per heavy atom. The van der Waals surface area contributed by atoms with Crippen LogP contribution in [-0.2, 0) is 6.54 Å². The molecule has 0 spiro atoms. The van der Waals surface area contributed by atoms with Gasteiger partial charge in [0, 0.05) is 15.5 Å². The Kier molecular flexibility index (Phi) is 2.60. The predicted molar refractivity (Wildman–Crippen MR) is 73.1 cm³/mol. The second-order valence-corrected chi connectivity index (χ2v) is 5.45. The van der Waals surface area contributed by atoms with Crippen molar-refractivity contribution in [2.24, 2.45) is 0 Å². The van der Waals surface area contributed by atoms with Gasteiger partial charge in [-0.3, -0.25) is 4.57 Å². The molecule has 0 fully saturated rings. The van der Waals surface area contributed by atoms with Gasteiger partial charge in [-0.05, 0) is 39.5 Å². The minimum Gasteiger partial charge on any atom is -0.369 e. The molecule has 4 nitrogen and oxygen atoms in total. The van der Waals surface area contributed by atoms with Gasteiger partial charge in [0.1, 0.15) is 5.52 Å². The van der Waals surface area contributed by atoms with Crippen LogP contribution in [0, 0.1) is 0 Å². The highest BCUT2D eigenvalue weighted by molar-refractivity contribution is 9.10. The Balaban J connectivity index is 2.11. The average Bonchev–Trinajstić information content (AvgIpc) is 2.85. The highest BCUT2D eigenvalue weighted by Gasteiger charge is 2.11. The molecule has 0 saturated heterocycles. The molecule has 0 saturated carbocycles. The number of nitrogen functional groups attached to an aromatic ring is 1. The van der Waals surface area contributed by atoms with Crippen LogP contribution in [0.15, 0.2) is 34.2 Å². The van der Waals surface area contributed by atoms with Crippen molar-refractivity contribution in [3.63, 3.8) is 0 Å². The normalized spacial score (nSPS) is 11.1. The zero-order valence-corrected chi connectivity index (χ0v) is 11.2. The van der Waals surface area contributed by atoms with Crippen LogP contribution in [0.25, 0.3) is 11.2 Å². The lowest BCUT2D eigenvalue weighted by Crippen LogP contribution is -2.04. The van der Waals surface area contributed by atoms with E-state index in [2.05, 4.69) is 25.9 Å². The van der Waals surface area contributed by atoms with Crippen molar-refractivity contribution in [2.45, 2.75) is 6.54 Å². The van der Waals surface area contributed by atoms with Gasteiger partial charge in [-0.25, -0.2) is 9.97 Å². The van der Waals surface area contributed by atoms with Gasteiger partial charge in [-0.15, -0.1) is 11.3 Å². The van der Waals surface area contributed by atoms with Crippen LogP contribution in [0.3, 0.4) is 0 Å². The summed E-state index contributed by atoms with van der Waals surface area (Å²) in [7, 11) is 0. The van der Waals surface area contributed by atoms with E-state index in [1.165, 1.54) is 4.88 Å². The quantitative estimate of drug-likeness (QED) is 0.792. The molecule has 0 aliphatic carbocycles. The smallest absolute Gasteiger partial charge is 0.202 e. The first kappa shape index (κ1) is 10.7. The molecule has 0 radical (unpaired) electrons. The fourth-order valence-corrected chi connectivity index (χ4v) is 3.18. The number of aromatic nitrogens is 3. The second-order valence-electron chi connectivity index (χ2n) is 3.59. The number of nitrogens with zero attached hydrogens (tertiary/aromatic N) is 3. The van der Waals surface area contributed by atoms with Crippen molar-refractivity contribution in [2.75, 3.05) is 5.73 Å². The number of thiophene rings is 1. The van der Waals surface area contributed by atoms with Crippen LogP contribution in [0.2, 0.25) is 0 Å². The van der Waals surface area contributed by atoms with E-state index >= 15 is 0 Å². The number of hydrogen-bond donors (Lipinski definition) is 1. The molecule has 0 unspecified atom stereocenters. The van der Waals surface area contributed by atoms with Gasteiger partial charge in [-0.2, -0.15) is 0 Å². The van der Waals surface area contributed by atoms with Gasteiger partial charge in [0.15, 0.2) is 5.65 Å². The molecule has 17 heavy (non-hydrogen) atoms. The zero-order chi connectivity index (χ0) is 11.8. The van der Waals surface area contributed by atoms with E-state index in [-0.39, 0.29) is 0 Å². The summed E-state index contributed by atoms with van der Waals surface area (Å²) in [6, 6.07) is 5.81. The van der Waals surface area contributed by atoms with Crippen LogP contribution in [0.1, 0.15) is 4.88 Å². The SMILES string of the molecule is Nc1nc2cccnc2n1Cc1sccc1Br. The van der Waals surface area contributed by atoms with Crippen LogP contribution in [0.5, 0.6) is 0 Å². The van der Waals surface area contributed by atoms with E-state index < -0.39 is 0 Å². The number of fused-ring (bicyclic) bond motifs is 1. The molecule has 0 bridgehead atoms. The number of nitrogens with two attached hydrogens (primary N) is 1. The molecular weight excluding hydrogens is 300 g/mol. The maximum Gasteiger partial charge on any atom is 0.202 e. The Labute approximate surface area is 110 Å². The van der Waals surface area contributed by atoms with E-state index in [1.54, 1.807) is 17.5 Å². The Hall–Kier alpha value is -1.40. The number of anilines is 1. The fraction of sp³-hybridized carbons (Fsp3) is 0.0909. The molecule has 3 heterocycles. The Morgan fingerprint density at radius 3 is 3.06 bits per heavy atom. The largest absolute Gasteiger partial charge is 0.369 e. The van der Waals surface area contributed by atoms with Gasteiger partial charge in [0.2, 0.25) is 5.95 Å². The minimum absolute atomic E-state index is 0.499. The highest BCUT2D eigenvalue weighted by Crippen LogP contribution is 2.26. The summed E-state index contributed by atoms with van der Waals surface area (Å²) in [6.07, 6.45) is 1.75. The summed E-state index contributed by atoms with van der Waals surface area (Å²) >= 11 is 5.20. The summed E-state index contributed by atoms with van der Waals surface area (Å²) in [5.74, 6) is 0.499. The van der Waals surface area contributed by atoms with E-state index in [4.69, 9.17) is 5.73 Å². The second kappa shape index (κ2) is 4.12. The van der Waals surface area contributed by atoms with E-state index in [0.717, 1.165) is 15.6 Å². The highest BCUT2D eigenvalue weighted by atomic mass is 79.9. The molecule has 3 rings (SSSR count). The third-order valence-electron chi connectivity index (χ3n) is 2.53. The van der Waals surface area contributed by atoms with Crippen LogP contribution in [-0.4, -0.2) is 14.5 Å². The maximum atomic E-state index is 5.92. The zero-order valence-electron chi connectivity index (χ0n) is 8.80. The third kappa shape index (κ3) is 1.83. The first-order chi connectivity index (χ1) is 8.25. The van der Waals surface area contributed by atoms with Crippen molar-refractivity contribution in [1.29, 1.82) is 0 Å². The molecule has 3 aromatic rings. The summed E-state index contributed by atoms with van der Waals surface area (Å²) in [5, 5.41) is 2.04. The van der Waals surface area contributed by atoms with Crippen LogP contribution < -0.4 is 5.73 Å². The molecule has 0 amide bonds. The van der Waals surface area contributed by atoms with Gasteiger partial charge < -0.3 is 5.73 Å². The van der Waals surface area contributed by atoms with Crippen molar-refractivity contribution in [3.05, 3.63) is 39.1 Å². The van der Waals surface area contributed by atoms with Crippen molar-refractivity contribution >= 4 is 44.4 Å². The van der Waals surface area contributed by atoms with E-state index in [9.17, 15) is 0 Å². The monoisotopic (exact) mass is 308 g/mol. The standard InChI is InChI=1S/C11H9BrN4S/c12-7-3-5-17-9(7)6-16-10-8(15-11(16)13)2-1-4-14-10/h1-5H,6H2,(H2,13,15). The van der Waals surface area contributed by atoms with E-state index in [0.29, 0.717) is 12.5 Å². The average molecular weight is 309 g/mol. The van der Waals surface area contributed by atoms with Gasteiger partial charge in [0.05, 0.1) is 6.54 Å². The first-order valence-electron chi connectivity index (χ1n) is 5.04. The number of rotatable bonds is 2. The summed E-state index contributed by atoms with van der Waals surface area (Å²) in [4.78, 5) is 9.82. The molecule has 86 valence electrons. The fourth-order valence-electron chi connectivity index (χ4n) is 1.71. The number of hydrogen-bond acceptors (Lipinski definition) is 4. The summed E-state index contributed by atoms with van der Waals surface area (Å²) in [5.41, 5.74) is 7.58. The van der Waals surface area contributed by atoms with Gasteiger partial charge >= 0.3 is 0 Å². The first-order valence-corrected chi connectivity index (χ1v) is 6.71. The molecule has 0 aromatic carbocycles. The Bertz CT molecular complexity index is 673. The molecule has 0 aliphatic heterocycles. The molecule has 0 aliphatic rings. The lowest BCUT2D eigenvalue weighted by molar-refractivity contribution is 0.838. The lowest BCUT2D eigenvalue weighted by Gasteiger charge is -2.04. The topological polar surface area (TPSA) is 56.7 Å². The molecule has 0 atom stereocenters. The molecule has 3 aromatic heterocycles.